The highest BCUT2D eigenvalue weighted by Crippen LogP contribution is 2.37. The van der Waals surface area contributed by atoms with Crippen LogP contribution in [0, 0.1) is 10.1 Å². The molecule has 0 spiro atoms. The lowest BCUT2D eigenvalue weighted by atomic mass is 10.2. The zero-order valence-electron chi connectivity index (χ0n) is 9.67. The van der Waals surface area contributed by atoms with Gasteiger partial charge in [-0.05, 0) is 24.3 Å². The van der Waals surface area contributed by atoms with Crippen molar-refractivity contribution in [1.82, 2.24) is 4.98 Å². The number of pyridine rings is 1. The molecule has 4 nitrogen and oxygen atoms in total. The molecule has 0 aliphatic carbocycles. The third-order valence-electron chi connectivity index (χ3n) is 2.45. The van der Waals surface area contributed by atoms with Crippen molar-refractivity contribution in [3.63, 3.8) is 0 Å². The van der Waals surface area contributed by atoms with Crippen LogP contribution in [0.1, 0.15) is 6.92 Å². The number of nitro groups is 1. The number of thioether (sulfide) groups is 1. The first-order valence-electron chi connectivity index (χ1n) is 5.38. The summed E-state index contributed by atoms with van der Waals surface area (Å²) in [5.41, 5.74) is 0.745. The molecule has 18 heavy (non-hydrogen) atoms. The van der Waals surface area contributed by atoms with E-state index in [2.05, 4.69) is 4.98 Å². The highest BCUT2D eigenvalue weighted by atomic mass is 35.5. The van der Waals surface area contributed by atoms with Crippen LogP contribution < -0.4 is 0 Å². The monoisotopic (exact) mass is 282 g/mol. The Morgan fingerprint density at radius 3 is 2.94 bits per heavy atom. The molecule has 1 heterocycles. The fourth-order valence-electron chi connectivity index (χ4n) is 1.65. The van der Waals surface area contributed by atoms with Gasteiger partial charge in [0.25, 0.3) is 5.69 Å². The number of nitrogens with zero attached hydrogens (tertiary/aromatic N) is 2. The number of aromatic nitrogens is 1. The third kappa shape index (κ3) is 2.57. The van der Waals surface area contributed by atoms with Crippen LogP contribution in [-0.4, -0.2) is 21.0 Å². The van der Waals surface area contributed by atoms with Crippen molar-refractivity contribution in [1.29, 1.82) is 0 Å². The Hall–Kier alpha value is -1.33. The Balaban J connectivity index is 2.59. The second kappa shape index (κ2) is 5.54. The molecule has 1 aromatic heterocycles. The number of fused-ring (bicyclic) bond motifs is 1. The van der Waals surface area contributed by atoms with Crippen LogP contribution >= 0.6 is 23.4 Å². The predicted octanol–water partition coefficient (Wildman–Crippen LogP) is 3.86. The number of benzene rings is 1. The molecule has 0 saturated heterocycles. The average molecular weight is 283 g/mol. The summed E-state index contributed by atoms with van der Waals surface area (Å²) >= 11 is 7.16. The van der Waals surface area contributed by atoms with E-state index in [1.54, 1.807) is 30.5 Å². The van der Waals surface area contributed by atoms with Gasteiger partial charge in [0.2, 0.25) is 0 Å². The molecular weight excluding hydrogens is 272 g/mol. The van der Waals surface area contributed by atoms with Crippen molar-refractivity contribution in [3.05, 3.63) is 40.6 Å². The molecular formula is C12H11ClN2O2S. The van der Waals surface area contributed by atoms with Gasteiger partial charge in [-0.2, -0.15) is 0 Å². The fourth-order valence-corrected chi connectivity index (χ4v) is 2.78. The van der Waals surface area contributed by atoms with E-state index >= 15 is 0 Å². The molecule has 0 N–H and O–H groups in total. The molecule has 0 bridgehead atoms. The Morgan fingerprint density at radius 2 is 2.28 bits per heavy atom. The number of rotatable bonds is 4. The van der Waals surface area contributed by atoms with Gasteiger partial charge < -0.3 is 0 Å². The summed E-state index contributed by atoms with van der Waals surface area (Å²) in [6, 6.07) is 6.96. The van der Waals surface area contributed by atoms with Crippen LogP contribution in [0.3, 0.4) is 0 Å². The highest BCUT2D eigenvalue weighted by Gasteiger charge is 2.20. The lowest BCUT2D eigenvalue weighted by Crippen LogP contribution is -2.00. The molecule has 0 amide bonds. The lowest BCUT2D eigenvalue weighted by molar-refractivity contribution is -0.385. The van der Waals surface area contributed by atoms with Gasteiger partial charge in [-0.3, -0.25) is 15.1 Å². The van der Waals surface area contributed by atoms with Gasteiger partial charge in [0.05, 0.1) is 20.7 Å². The van der Waals surface area contributed by atoms with E-state index in [0.29, 0.717) is 21.7 Å². The van der Waals surface area contributed by atoms with Gasteiger partial charge in [0.1, 0.15) is 0 Å². The molecule has 2 aromatic rings. The standard InChI is InChI=1S/C12H11ClN2O2S/c1-8(7-13)18-11-5-4-10-9(3-2-6-14-10)12(11)15(16)17/h2-6,8H,7H2,1H3. The molecule has 2 rings (SSSR count). The lowest BCUT2D eigenvalue weighted by Gasteiger charge is -2.09. The van der Waals surface area contributed by atoms with Gasteiger partial charge in [0, 0.05) is 17.3 Å². The van der Waals surface area contributed by atoms with Gasteiger partial charge in [0.15, 0.2) is 0 Å². The van der Waals surface area contributed by atoms with Crippen LogP contribution in [0.2, 0.25) is 0 Å². The Kier molecular flexibility index (Phi) is 4.04. The summed E-state index contributed by atoms with van der Waals surface area (Å²) in [6.45, 7) is 1.94. The van der Waals surface area contributed by atoms with Crippen LogP contribution in [0.25, 0.3) is 10.9 Å². The summed E-state index contributed by atoms with van der Waals surface area (Å²) in [4.78, 5) is 15.6. The molecule has 0 aliphatic heterocycles. The summed E-state index contributed by atoms with van der Waals surface area (Å²) in [5, 5.41) is 11.9. The SMILES string of the molecule is CC(CCl)Sc1ccc2ncccc2c1[N+](=O)[O-]. The van der Waals surface area contributed by atoms with E-state index in [-0.39, 0.29) is 15.9 Å². The zero-order chi connectivity index (χ0) is 13.1. The van der Waals surface area contributed by atoms with Gasteiger partial charge >= 0.3 is 0 Å². The minimum atomic E-state index is -0.354. The minimum Gasteiger partial charge on any atom is -0.258 e. The van der Waals surface area contributed by atoms with Crippen LogP contribution in [-0.2, 0) is 0 Å². The quantitative estimate of drug-likeness (QED) is 0.370. The molecule has 1 unspecified atom stereocenters. The second-order valence-electron chi connectivity index (χ2n) is 3.82. The summed E-state index contributed by atoms with van der Waals surface area (Å²) in [7, 11) is 0. The molecule has 1 atom stereocenters. The van der Waals surface area contributed by atoms with Crippen molar-refractivity contribution < 1.29 is 4.92 Å². The molecule has 1 aromatic carbocycles. The van der Waals surface area contributed by atoms with E-state index in [1.807, 2.05) is 6.92 Å². The highest BCUT2D eigenvalue weighted by molar-refractivity contribution is 8.00. The van der Waals surface area contributed by atoms with Crippen molar-refractivity contribution in [2.75, 3.05) is 5.88 Å². The Morgan fingerprint density at radius 1 is 1.50 bits per heavy atom. The van der Waals surface area contributed by atoms with E-state index in [9.17, 15) is 10.1 Å². The third-order valence-corrected chi connectivity index (χ3v) is 4.25. The van der Waals surface area contributed by atoms with Crippen molar-refractivity contribution in [2.24, 2.45) is 0 Å². The predicted molar refractivity (Wildman–Crippen MR) is 74.4 cm³/mol. The molecule has 6 heteroatoms. The zero-order valence-corrected chi connectivity index (χ0v) is 11.2. The maximum atomic E-state index is 11.2. The summed E-state index contributed by atoms with van der Waals surface area (Å²) in [5.74, 6) is 0.451. The van der Waals surface area contributed by atoms with E-state index in [0.717, 1.165) is 0 Å². The minimum absolute atomic E-state index is 0.113. The first-order chi connectivity index (χ1) is 8.63. The number of nitro benzene ring substituents is 1. The van der Waals surface area contributed by atoms with Crippen molar-refractivity contribution >= 4 is 40.0 Å². The van der Waals surface area contributed by atoms with Gasteiger partial charge in [-0.1, -0.05) is 6.92 Å². The average Bonchev–Trinajstić information content (AvgIpc) is 2.37. The number of halogens is 1. The molecule has 0 radical (unpaired) electrons. The van der Waals surface area contributed by atoms with Crippen molar-refractivity contribution in [2.45, 2.75) is 17.1 Å². The first-order valence-corrected chi connectivity index (χ1v) is 6.79. The molecule has 0 saturated carbocycles. The van der Waals surface area contributed by atoms with Crippen LogP contribution in [0.4, 0.5) is 5.69 Å². The largest absolute Gasteiger partial charge is 0.292 e. The second-order valence-corrected chi connectivity index (χ2v) is 5.61. The molecule has 0 fully saturated rings. The van der Waals surface area contributed by atoms with Crippen molar-refractivity contribution in [3.8, 4) is 0 Å². The number of hydrogen-bond donors (Lipinski definition) is 0. The van der Waals surface area contributed by atoms with Crippen LogP contribution in [0.5, 0.6) is 0 Å². The number of hydrogen-bond acceptors (Lipinski definition) is 4. The van der Waals surface area contributed by atoms with E-state index in [4.69, 9.17) is 11.6 Å². The van der Waals surface area contributed by atoms with E-state index < -0.39 is 0 Å². The van der Waals surface area contributed by atoms with Crippen LogP contribution in [0.15, 0.2) is 35.4 Å². The topological polar surface area (TPSA) is 56.0 Å². The first kappa shape index (κ1) is 13.1. The summed E-state index contributed by atoms with van der Waals surface area (Å²) in [6.07, 6.45) is 1.63. The molecule has 94 valence electrons. The maximum absolute atomic E-state index is 11.2. The fraction of sp³-hybridized carbons (Fsp3) is 0.250. The Labute approximate surface area is 114 Å². The smallest absolute Gasteiger partial charge is 0.258 e. The van der Waals surface area contributed by atoms with Gasteiger partial charge in [-0.15, -0.1) is 23.4 Å². The van der Waals surface area contributed by atoms with Gasteiger partial charge in [-0.25, -0.2) is 0 Å². The normalized spacial score (nSPS) is 12.6. The summed E-state index contributed by atoms with van der Waals surface area (Å²) < 4.78 is 0. The maximum Gasteiger partial charge on any atom is 0.292 e. The Bertz CT molecular complexity index is 591. The van der Waals surface area contributed by atoms with E-state index in [1.165, 1.54) is 11.8 Å². The molecule has 0 aliphatic rings. The number of alkyl halides is 1.